The summed E-state index contributed by atoms with van der Waals surface area (Å²) in [6.45, 7) is 2.15. The number of carbonyl (C=O) groups excluding carboxylic acids is 1. The molecular weight excluding hydrogens is 410 g/mol. The van der Waals surface area contributed by atoms with E-state index in [1.54, 1.807) is 36.0 Å². The lowest BCUT2D eigenvalue weighted by Crippen LogP contribution is -2.12. The molecule has 0 saturated heterocycles. The molecule has 0 aliphatic heterocycles. The molecule has 4 rings (SSSR count). The van der Waals surface area contributed by atoms with Crippen LogP contribution in [-0.2, 0) is 13.0 Å². The molecule has 156 valence electrons. The second kappa shape index (κ2) is 9.95. The molecule has 0 aliphatic rings. The van der Waals surface area contributed by atoms with E-state index in [1.165, 1.54) is 0 Å². The van der Waals surface area contributed by atoms with Crippen LogP contribution in [0.5, 0.6) is 5.75 Å². The minimum Gasteiger partial charge on any atom is -0.485 e. The van der Waals surface area contributed by atoms with E-state index in [0.29, 0.717) is 29.4 Å². The Balaban J connectivity index is 1.39. The van der Waals surface area contributed by atoms with E-state index in [4.69, 9.17) is 9.26 Å². The van der Waals surface area contributed by atoms with Gasteiger partial charge in [-0.1, -0.05) is 54.2 Å². The monoisotopic (exact) mass is 431 g/mol. The quantitative estimate of drug-likeness (QED) is 0.390. The fourth-order valence-electron chi connectivity index (χ4n) is 2.81. The highest BCUT2D eigenvalue weighted by molar-refractivity contribution is 7.99. The number of benzene rings is 3. The highest BCUT2D eigenvalue weighted by atomic mass is 32.2. The van der Waals surface area contributed by atoms with Crippen molar-refractivity contribution >= 4 is 23.4 Å². The Labute approximate surface area is 184 Å². The van der Waals surface area contributed by atoms with Gasteiger partial charge in [0.05, 0.1) is 5.69 Å². The molecule has 6 nitrogen and oxygen atoms in total. The zero-order valence-corrected chi connectivity index (χ0v) is 17.8. The second-order valence-corrected chi connectivity index (χ2v) is 7.75. The number of aromatic nitrogens is 2. The first-order valence-corrected chi connectivity index (χ1v) is 10.7. The predicted molar refractivity (Wildman–Crippen MR) is 119 cm³/mol. The first kappa shape index (κ1) is 20.7. The Morgan fingerprint density at radius 2 is 1.74 bits per heavy atom. The van der Waals surface area contributed by atoms with Crippen molar-refractivity contribution in [1.82, 2.24) is 10.1 Å². The fourth-order valence-corrected chi connectivity index (χ4v) is 3.73. The van der Waals surface area contributed by atoms with Gasteiger partial charge in [0.25, 0.3) is 5.91 Å². The Kier molecular flexibility index (Phi) is 6.64. The Morgan fingerprint density at radius 3 is 2.48 bits per heavy atom. The van der Waals surface area contributed by atoms with Gasteiger partial charge in [-0.2, -0.15) is 4.98 Å². The molecule has 0 unspecified atom stereocenters. The molecule has 1 aromatic heterocycles. The number of nitrogens with one attached hydrogen (secondary N) is 1. The summed E-state index contributed by atoms with van der Waals surface area (Å²) in [6.07, 6.45) is 0.684. The van der Waals surface area contributed by atoms with Crippen molar-refractivity contribution in [3.63, 3.8) is 0 Å². The van der Waals surface area contributed by atoms with E-state index >= 15 is 0 Å². The predicted octanol–water partition coefficient (Wildman–Crippen LogP) is 5.61. The van der Waals surface area contributed by atoms with Crippen molar-refractivity contribution in [2.45, 2.75) is 29.7 Å². The van der Waals surface area contributed by atoms with Crippen LogP contribution < -0.4 is 10.1 Å². The van der Waals surface area contributed by atoms with E-state index in [0.717, 1.165) is 15.5 Å². The maximum absolute atomic E-state index is 12.8. The standard InChI is InChI=1S/C24H21N3O3S/c1-2-23-26-22(27-30-23)16-29-18-14-12-17(13-15-18)24(28)25-20-10-6-7-11-21(20)31-19-8-4-3-5-9-19/h3-15H,2,16H2,1H3,(H,25,28). The van der Waals surface area contributed by atoms with Crippen LogP contribution in [0.4, 0.5) is 5.69 Å². The molecule has 1 amide bonds. The van der Waals surface area contributed by atoms with Crippen LogP contribution in [0.1, 0.15) is 29.0 Å². The summed E-state index contributed by atoms with van der Waals surface area (Å²) in [6, 6.07) is 24.8. The Morgan fingerprint density at radius 1 is 1.00 bits per heavy atom. The Hall–Kier alpha value is -3.58. The smallest absolute Gasteiger partial charge is 0.255 e. The van der Waals surface area contributed by atoms with Crippen LogP contribution in [0.25, 0.3) is 0 Å². The highest BCUT2D eigenvalue weighted by Crippen LogP contribution is 2.33. The summed E-state index contributed by atoms with van der Waals surface area (Å²) in [5.74, 6) is 1.51. The maximum atomic E-state index is 12.8. The van der Waals surface area contributed by atoms with Crippen LogP contribution in [0.15, 0.2) is 93.2 Å². The lowest BCUT2D eigenvalue weighted by molar-refractivity contribution is 0.102. The number of rotatable bonds is 8. The normalized spacial score (nSPS) is 10.6. The van der Waals surface area contributed by atoms with Crippen molar-refractivity contribution in [3.8, 4) is 5.75 Å². The van der Waals surface area contributed by atoms with E-state index in [2.05, 4.69) is 15.5 Å². The van der Waals surface area contributed by atoms with E-state index in [-0.39, 0.29) is 12.5 Å². The number of carbonyl (C=O) groups is 1. The first-order chi connectivity index (χ1) is 15.2. The summed E-state index contributed by atoms with van der Waals surface area (Å²) in [5, 5.41) is 6.86. The van der Waals surface area contributed by atoms with E-state index in [9.17, 15) is 4.79 Å². The Bertz CT molecular complexity index is 1140. The molecular formula is C24H21N3O3S. The van der Waals surface area contributed by atoms with Gasteiger partial charge in [-0.3, -0.25) is 4.79 Å². The molecule has 0 atom stereocenters. The number of para-hydroxylation sites is 1. The van der Waals surface area contributed by atoms with Gasteiger partial charge in [0.1, 0.15) is 5.75 Å². The van der Waals surface area contributed by atoms with Crippen molar-refractivity contribution in [1.29, 1.82) is 0 Å². The zero-order valence-electron chi connectivity index (χ0n) is 16.9. The fraction of sp³-hybridized carbons (Fsp3) is 0.125. The number of amides is 1. The SMILES string of the molecule is CCc1nc(COc2ccc(C(=O)Nc3ccccc3Sc3ccccc3)cc2)no1. The van der Waals surface area contributed by atoms with E-state index < -0.39 is 0 Å². The molecule has 7 heteroatoms. The lowest BCUT2D eigenvalue weighted by Gasteiger charge is -2.11. The molecule has 3 aromatic carbocycles. The van der Waals surface area contributed by atoms with Crippen molar-refractivity contribution < 1.29 is 14.1 Å². The van der Waals surface area contributed by atoms with Gasteiger partial charge in [-0.05, 0) is 48.5 Å². The molecule has 0 fully saturated rings. The zero-order chi connectivity index (χ0) is 21.5. The van der Waals surface area contributed by atoms with Crippen LogP contribution >= 0.6 is 11.8 Å². The van der Waals surface area contributed by atoms with Gasteiger partial charge in [-0.15, -0.1) is 0 Å². The number of hydrogen-bond donors (Lipinski definition) is 1. The summed E-state index contributed by atoms with van der Waals surface area (Å²) in [4.78, 5) is 19.0. The van der Waals surface area contributed by atoms with Gasteiger partial charge < -0.3 is 14.6 Å². The van der Waals surface area contributed by atoms with E-state index in [1.807, 2.05) is 61.5 Å². The maximum Gasteiger partial charge on any atom is 0.255 e. The molecule has 0 bridgehead atoms. The average molecular weight is 432 g/mol. The van der Waals surface area contributed by atoms with Gasteiger partial charge in [0.15, 0.2) is 6.61 Å². The topological polar surface area (TPSA) is 77.2 Å². The van der Waals surface area contributed by atoms with Gasteiger partial charge in [-0.25, -0.2) is 0 Å². The third kappa shape index (κ3) is 5.52. The summed E-state index contributed by atoms with van der Waals surface area (Å²) >= 11 is 1.61. The molecule has 0 aliphatic carbocycles. The molecule has 4 aromatic rings. The molecule has 0 radical (unpaired) electrons. The summed E-state index contributed by atoms with van der Waals surface area (Å²) < 4.78 is 10.7. The molecule has 1 N–H and O–H groups in total. The van der Waals surface area contributed by atoms with Gasteiger partial charge in [0.2, 0.25) is 11.7 Å². The molecule has 0 saturated carbocycles. The van der Waals surface area contributed by atoms with Crippen molar-refractivity contribution in [3.05, 3.63) is 96.1 Å². The second-order valence-electron chi connectivity index (χ2n) is 6.64. The number of anilines is 1. The first-order valence-electron chi connectivity index (χ1n) is 9.89. The number of hydrogen-bond acceptors (Lipinski definition) is 6. The largest absolute Gasteiger partial charge is 0.485 e. The number of aryl methyl sites for hydroxylation is 1. The minimum atomic E-state index is -0.182. The molecule has 0 spiro atoms. The average Bonchev–Trinajstić information content (AvgIpc) is 3.28. The minimum absolute atomic E-state index is 0.182. The molecule has 1 heterocycles. The molecule has 31 heavy (non-hydrogen) atoms. The lowest BCUT2D eigenvalue weighted by atomic mass is 10.2. The van der Waals surface area contributed by atoms with Gasteiger partial charge >= 0.3 is 0 Å². The number of nitrogens with zero attached hydrogens (tertiary/aromatic N) is 2. The van der Waals surface area contributed by atoms with Crippen LogP contribution in [0.2, 0.25) is 0 Å². The summed E-state index contributed by atoms with van der Waals surface area (Å²) in [5.41, 5.74) is 1.31. The van der Waals surface area contributed by atoms with Crippen LogP contribution in [0.3, 0.4) is 0 Å². The third-order valence-corrected chi connectivity index (χ3v) is 5.49. The third-order valence-electron chi connectivity index (χ3n) is 4.40. The highest BCUT2D eigenvalue weighted by Gasteiger charge is 2.11. The van der Waals surface area contributed by atoms with Gasteiger partial charge in [0, 0.05) is 21.8 Å². The van der Waals surface area contributed by atoms with Crippen molar-refractivity contribution in [2.75, 3.05) is 5.32 Å². The van der Waals surface area contributed by atoms with Crippen LogP contribution in [0, 0.1) is 0 Å². The summed E-state index contributed by atoms with van der Waals surface area (Å²) in [7, 11) is 0. The van der Waals surface area contributed by atoms with Crippen molar-refractivity contribution in [2.24, 2.45) is 0 Å². The van der Waals surface area contributed by atoms with Crippen LogP contribution in [-0.4, -0.2) is 16.0 Å². The number of ether oxygens (including phenoxy) is 1.